The minimum Gasteiger partial charge on any atom is -0.457 e. The summed E-state index contributed by atoms with van der Waals surface area (Å²) in [6, 6.07) is 3.02. The lowest BCUT2D eigenvalue weighted by Gasteiger charge is -2.64. The summed E-state index contributed by atoms with van der Waals surface area (Å²) in [5.41, 5.74) is -3.14. The number of ether oxygens (including phenoxy) is 1. The Hall–Kier alpha value is -1.93. The van der Waals surface area contributed by atoms with Crippen molar-refractivity contribution < 1.29 is 33.8 Å². The van der Waals surface area contributed by atoms with Crippen molar-refractivity contribution in [2.24, 2.45) is 28.6 Å². The van der Waals surface area contributed by atoms with Crippen LogP contribution >= 0.6 is 23.2 Å². The molecule has 1 aromatic rings. The molecule has 1 aromatic heterocycles. The van der Waals surface area contributed by atoms with Crippen LogP contribution in [0, 0.1) is 28.6 Å². The van der Waals surface area contributed by atoms with Gasteiger partial charge in [-0.15, -0.1) is 23.2 Å². The van der Waals surface area contributed by atoms with Gasteiger partial charge < -0.3 is 19.4 Å². The summed E-state index contributed by atoms with van der Waals surface area (Å²) >= 11 is 13.5. The number of rotatable bonds is 4. The molecule has 2 N–H and O–H groups in total. The van der Waals surface area contributed by atoms with E-state index in [0.29, 0.717) is 12.0 Å². The van der Waals surface area contributed by atoms with Crippen LogP contribution in [-0.2, 0) is 14.3 Å². The number of furan rings is 1. The fourth-order valence-electron chi connectivity index (χ4n) is 8.13. The lowest BCUT2D eigenvalue weighted by molar-refractivity contribution is -0.180. The molecule has 7 nitrogen and oxygen atoms in total. The molecule has 4 aliphatic rings. The van der Waals surface area contributed by atoms with Crippen molar-refractivity contribution in [2.75, 3.05) is 5.88 Å². The van der Waals surface area contributed by atoms with E-state index in [4.69, 9.17) is 32.4 Å². The Balaban J connectivity index is 1.64. The van der Waals surface area contributed by atoms with E-state index in [9.17, 15) is 24.6 Å². The fourth-order valence-corrected chi connectivity index (χ4v) is 8.82. The molecule has 3 fully saturated rings. The average Bonchev–Trinajstić information content (AvgIpc) is 3.44. The van der Waals surface area contributed by atoms with E-state index in [0.717, 1.165) is 0 Å². The molecular formula is C27H30Cl2O7. The minimum atomic E-state index is -1.62. The molecule has 3 saturated carbocycles. The number of hydrogen-bond acceptors (Lipinski definition) is 7. The van der Waals surface area contributed by atoms with Gasteiger partial charge in [0.15, 0.2) is 17.2 Å². The van der Waals surface area contributed by atoms with Crippen LogP contribution in [0.5, 0.6) is 0 Å². The van der Waals surface area contributed by atoms with Gasteiger partial charge in [-0.3, -0.25) is 9.59 Å². The van der Waals surface area contributed by atoms with Crippen molar-refractivity contribution >= 4 is 40.7 Å². The summed E-state index contributed by atoms with van der Waals surface area (Å²) in [4.78, 5) is 37.6. The van der Waals surface area contributed by atoms with E-state index in [1.807, 2.05) is 20.8 Å². The fraction of sp³-hybridized carbons (Fsp3) is 0.593. The second kappa shape index (κ2) is 8.29. The molecule has 1 heterocycles. The zero-order chi connectivity index (χ0) is 26.3. The molecule has 0 bridgehead atoms. The van der Waals surface area contributed by atoms with E-state index in [1.54, 1.807) is 12.1 Å². The highest BCUT2D eigenvalue weighted by atomic mass is 35.5. The Labute approximate surface area is 219 Å². The van der Waals surface area contributed by atoms with Gasteiger partial charge in [-0.2, -0.15) is 0 Å². The number of alkyl halides is 2. The smallest absolute Gasteiger partial charge is 0.375 e. The van der Waals surface area contributed by atoms with Crippen molar-refractivity contribution in [1.29, 1.82) is 0 Å². The first-order valence-corrected chi connectivity index (χ1v) is 13.1. The average molecular weight is 537 g/mol. The second-order valence-electron chi connectivity index (χ2n) is 11.2. The van der Waals surface area contributed by atoms with Crippen molar-refractivity contribution in [3.05, 3.63) is 48.0 Å². The zero-order valence-electron chi connectivity index (χ0n) is 20.4. The second-order valence-corrected chi connectivity index (χ2v) is 12.1. The lowest BCUT2D eigenvalue weighted by Crippen LogP contribution is -2.70. The van der Waals surface area contributed by atoms with Gasteiger partial charge in [0.1, 0.15) is 0 Å². The van der Waals surface area contributed by atoms with Gasteiger partial charge in [0, 0.05) is 16.7 Å². The maximum Gasteiger partial charge on any atom is 0.375 e. The molecule has 5 rings (SSSR count). The number of halogens is 2. The van der Waals surface area contributed by atoms with Crippen LogP contribution in [0.4, 0.5) is 0 Å². The molecule has 0 saturated heterocycles. The van der Waals surface area contributed by atoms with Gasteiger partial charge in [-0.1, -0.05) is 26.8 Å². The highest BCUT2D eigenvalue weighted by Crippen LogP contribution is 2.72. The number of fused-ring (bicyclic) bond motifs is 5. The van der Waals surface area contributed by atoms with Gasteiger partial charge in [-0.05, 0) is 61.0 Å². The Bertz CT molecular complexity index is 1170. The predicted octanol–water partition coefficient (Wildman–Crippen LogP) is 3.84. The number of esters is 1. The number of aliphatic hydroxyl groups excluding tert-OH is 2. The normalized spacial score (nSPS) is 45.4. The quantitative estimate of drug-likeness (QED) is 0.443. The molecule has 0 radical (unpaired) electrons. The number of carbonyl (C=O) groups is 3. The molecule has 36 heavy (non-hydrogen) atoms. The Morgan fingerprint density at radius 2 is 1.94 bits per heavy atom. The maximum atomic E-state index is 13.6. The number of allylic oxidation sites excluding steroid dienone is 3. The van der Waals surface area contributed by atoms with Gasteiger partial charge in [-0.25, -0.2) is 4.79 Å². The van der Waals surface area contributed by atoms with E-state index in [1.165, 1.54) is 24.5 Å². The first kappa shape index (κ1) is 25.7. The molecule has 9 atom stereocenters. The summed E-state index contributed by atoms with van der Waals surface area (Å²) in [7, 11) is 0. The molecule has 1 unspecified atom stereocenters. The molecule has 4 aliphatic carbocycles. The molecule has 0 aliphatic heterocycles. The van der Waals surface area contributed by atoms with Crippen molar-refractivity contribution in [3.8, 4) is 0 Å². The van der Waals surface area contributed by atoms with Crippen LogP contribution in [0.15, 0.2) is 46.6 Å². The molecule has 0 amide bonds. The number of ketones is 2. The highest BCUT2D eigenvalue weighted by molar-refractivity contribution is 6.29. The standard InChI is InChI=1S/C27H30Cl2O7/c1-14-9-16-17-11-19(31)18-10-15(30)6-7-24(18,2)26(17,29)21(32)12-25(16,3)27(14,22(33)13-28)36-23(34)20-5-4-8-35-20/h4-8,10,14,16-17,19,21,31-32H,9,11-13H2,1-3H3/t14-,16+,17+,19?,21+,24+,25+,26+,27+/m1/s1. The summed E-state index contributed by atoms with van der Waals surface area (Å²) < 4.78 is 11.3. The zero-order valence-corrected chi connectivity index (χ0v) is 21.9. The summed E-state index contributed by atoms with van der Waals surface area (Å²) in [5.74, 6) is -3.03. The topological polar surface area (TPSA) is 114 Å². The minimum absolute atomic E-state index is 0.0357. The number of hydrogen-bond donors (Lipinski definition) is 2. The van der Waals surface area contributed by atoms with Gasteiger partial charge >= 0.3 is 5.97 Å². The van der Waals surface area contributed by atoms with Gasteiger partial charge in [0.05, 0.1) is 29.2 Å². The van der Waals surface area contributed by atoms with E-state index in [2.05, 4.69) is 0 Å². The van der Waals surface area contributed by atoms with Crippen molar-refractivity contribution in [1.82, 2.24) is 0 Å². The third-order valence-corrected chi connectivity index (χ3v) is 10.9. The Morgan fingerprint density at radius 1 is 1.22 bits per heavy atom. The first-order valence-electron chi connectivity index (χ1n) is 12.2. The van der Waals surface area contributed by atoms with Crippen molar-refractivity contribution in [3.63, 3.8) is 0 Å². The monoisotopic (exact) mass is 536 g/mol. The van der Waals surface area contributed by atoms with Gasteiger partial charge in [0.2, 0.25) is 5.76 Å². The van der Waals surface area contributed by atoms with Crippen LogP contribution in [-0.4, -0.2) is 56.3 Å². The maximum absolute atomic E-state index is 13.6. The summed E-state index contributed by atoms with van der Waals surface area (Å²) in [6.45, 7) is 5.53. The number of aliphatic hydroxyl groups is 2. The third kappa shape index (κ3) is 3.03. The van der Waals surface area contributed by atoms with Crippen molar-refractivity contribution in [2.45, 2.75) is 62.7 Å². The van der Waals surface area contributed by atoms with Gasteiger partial charge in [0.25, 0.3) is 0 Å². The number of carbonyl (C=O) groups excluding carboxylic acids is 3. The Kier molecular flexibility index (Phi) is 5.92. The summed E-state index contributed by atoms with van der Waals surface area (Å²) in [5, 5.41) is 22.9. The van der Waals surface area contributed by atoms with Crippen LogP contribution in [0.3, 0.4) is 0 Å². The highest BCUT2D eigenvalue weighted by Gasteiger charge is 2.77. The first-order chi connectivity index (χ1) is 16.9. The SMILES string of the molecule is C[C@@H]1C[C@H]2[C@@H]3CC(O)C4=CC(=O)C=C[C@]4(C)[C@@]3(Cl)[C@@H](O)C[C@]2(C)[C@@]1(OC(=O)c1ccco1)C(=O)CCl. The van der Waals surface area contributed by atoms with E-state index < -0.39 is 57.1 Å². The van der Waals surface area contributed by atoms with Crippen LogP contribution in [0.1, 0.15) is 50.6 Å². The molecule has 194 valence electrons. The predicted molar refractivity (Wildman–Crippen MR) is 132 cm³/mol. The Morgan fingerprint density at radius 3 is 2.58 bits per heavy atom. The van der Waals surface area contributed by atoms with E-state index in [-0.39, 0.29) is 36.2 Å². The molecular weight excluding hydrogens is 507 g/mol. The summed E-state index contributed by atoms with van der Waals surface area (Å²) in [6.07, 6.45) is 4.52. The molecule has 9 heteroatoms. The third-order valence-electron chi connectivity index (χ3n) is 9.72. The molecule has 0 aromatic carbocycles. The van der Waals surface area contributed by atoms with Crippen LogP contribution < -0.4 is 0 Å². The number of Topliss-reactive ketones (excluding diaryl/α,β-unsaturated/α-hetero) is 1. The van der Waals surface area contributed by atoms with E-state index >= 15 is 0 Å². The van der Waals surface area contributed by atoms with Crippen LogP contribution in [0.25, 0.3) is 0 Å². The van der Waals surface area contributed by atoms with Crippen LogP contribution in [0.2, 0.25) is 0 Å². The largest absolute Gasteiger partial charge is 0.457 e. The molecule has 0 spiro atoms. The lowest BCUT2D eigenvalue weighted by atomic mass is 9.45.